The minimum atomic E-state index is 0.232. The number of aromatic nitrogens is 1. The maximum absolute atomic E-state index is 11.2. The predicted octanol–water partition coefficient (Wildman–Crippen LogP) is 1.57. The number of hydrogen-bond acceptors (Lipinski definition) is 2. The Balaban J connectivity index is 2.05. The molecule has 0 saturated carbocycles. The molecule has 0 unspecified atom stereocenters. The summed E-state index contributed by atoms with van der Waals surface area (Å²) in [6, 6.07) is 3.56. The first-order valence-electron chi connectivity index (χ1n) is 4.85. The van der Waals surface area contributed by atoms with Crippen LogP contribution in [0.1, 0.15) is 18.4 Å². The predicted molar refractivity (Wildman–Crippen MR) is 54.9 cm³/mol. The van der Waals surface area contributed by atoms with Gasteiger partial charge in [0.1, 0.15) is 0 Å². The van der Waals surface area contributed by atoms with Crippen LogP contribution in [-0.4, -0.2) is 18.0 Å². The smallest absolute Gasteiger partial charge is 0.286 e. The zero-order valence-electron chi connectivity index (χ0n) is 7.95. The van der Waals surface area contributed by atoms with Crippen LogP contribution in [0, 0.1) is 5.21 Å². The molecule has 4 heteroatoms. The molecule has 1 aromatic heterocycles. The molecule has 0 amide bonds. The largest absolute Gasteiger partial charge is 0.618 e. The van der Waals surface area contributed by atoms with Crippen molar-refractivity contribution in [1.29, 1.82) is 0 Å². The molecule has 0 atom stereocenters. The Morgan fingerprint density at radius 3 is 2.71 bits per heavy atom. The van der Waals surface area contributed by atoms with E-state index in [4.69, 9.17) is 11.6 Å². The Hall–Kier alpha value is -0.800. The third kappa shape index (κ3) is 2.16. The van der Waals surface area contributed by atoms with Gasteiger partial charge in [-0.1, -0.05) is 0 Å². The number of pyridine rings is 1. The average Bonchev–Trinajstić information content (AvgIpc) is 2.64. The van der Waals surface area contributed by atoms with Crippen LogP contribution in [0.15, 0.2) is 18.3 Å². The summed E-state index contributed by atoms with van der Waals surface area (Å²) in [6.45, 7) is 3.14. The van der Waals surface area contributed by atoms with Gasteiger partial charge in [-0.05, 0) is 43.6 Å². The van der Waals surface area contributed by atoms with E-state index in [1.54, 1.807) is 12.3 Å². The molecular formula is C10H13ClN2O. The first kappa shape index (κ1) is 9.74. The molecule has 2 rings (SSSR count). The number of hydrogen-bond donors (Lipinski definition) is 0. The van der Waals surface area contributed by atoms with Crippen molar-refractivity contribution in [2.45, 2.75) is 19.4 Å². The van der Waals surface area contributed by atoms with Crippen LogP contribution in [0.4, 0.5) is 0 Å². The Bertz CT molecular complexity index is 324. The van der Waals surface area contributed by atoms with Gasteiger partial charge in [-0.25, -0.2) is 0 Å². The fourth-order valence-electron chi connectivity index (χ4n) is 1.80. The van der Waals surface area contributed by atoms with Crippen molar-refractivity contribution in [3.05, 3.63) is 34.3 Å². The second-order valence-electron chi connectivity index (χ2n) is 3.67. The van der Waals surface area contributed by atoms with Crippen LogP contribution < -0.4 is 4.73 Å². The second kappa shape index (κ2) is 4.15. The van der Waals surface area contributed by atoms with E-state index in [0.29, 0.717) is 4.73 Å². The number of likely N-dealkylation sites (tertiary alicyclic amines) is 1. The van der Waals surface area contributed by atoms with Crippen LogP contribution in [0.5, 0.6) is 0 Å². The number of nitrogens with zero attached hydrogens (tertiary/aromatic N) is 2. The van der Waals surface area contributed by atoms with Gasteiger partial charge >= 0.3 is 0 Å². The van der Waals surface area contributed by atoms with E-state index in [1.807, 2.05) is 6.07 Å². The summed E-state index contributed by atoms with van der Waals surface area (Å²) in [7, 11) is 0. The van der Waals surface area contributed by atoms with Crippen LogP contribution in [0.3, 0.4) is 0 Å². The highest BCUT2D eigenvalue weighted by atomic mass is 35.5. The highest BCUT2D eigenvalue weighted by Crippen LogP contribution is 2.12. The lowest BCUT2D eigenvalue weighted by atomic mass is 10.3. The molecule has 1 aliphatic rings. The van der Waals surface area contributed by atoms with Crippen molar-refractivity contribution >= 4 is 11.6 Å². The SMILES string of the molecule is [O-][n+]1cc(CN2CCCC2)ccc1Cl. The molecule has 1 aliphatic heterocycles. The Kier molecular flexibility index (Phi) is 2.89. The van der Waals surface area contributed by atoms with E-state index in [0.717, 1.165) is 25.2 Å². The maximum atomic E-state index is 11.2. The van der Waals surface area contributed by atoms with Crippen molar-refractivity contribution in [3.8, 4) is 0 Å². The monoisotopic (exact) mass is 212 g/mol. The van der Waals surface area contributed by atoms with Crippen molar-refractivity contribution in [2.24, 2.45) is 0 Å². The molecule has 14 heavy (non-hydrogen) atoms. The quantitative estimate of drug-likeness (QED) is 0.423. The molecule has 0 aliphatic carbocycles. The standard InChI is InChI=1S/C10H13ClN2O/c11-10-4-3-9(8-13(10)14)7-12-5-1-2-6-12/h3-4,8H,1-2,5-7H2. The van der Waals surface area contributed by atoms with Gasteiger partial charge in [-0.2, -0.15) is 4.73 Å². The topological polar surface area (TPSA) is 30.2 Å². The molecule has 1 aromatic rings. The maximum Gasteiger partial charge on any atom is 0.286 e. The number of halogens is 1. The summed E-state index contributed by atoms with van der Waals surface area (Å²) in [5.74, 6) is 0. The summed E-state index contributed by atoms with van der Waals surface area (Å²) >= 11 is 5.63. The van der Waals surface area contributed by atoms with Gasteiger partial charge < -0.3 is 5.21 Å². The molecule has 0 aromatic carbocycles. The van der Waals surface area contributed by atoms with Crippen molar-refractivity contribution < 1.29 is 4.73 Å². The first-order valence-corrected chi connectivity index (χ1v) is 5.23. The molecule has 0 spiro atoms. The summed E-state index contributed by atoms with van der Waals surface area (Å²) in [5, 5.41) is 11.4. The van der Waals surface area contributed by atoms with Crippen molar-refractivity contribution in [3.63, 3.8) is 0 Å². The number of rotatable bonds is 2. The lowest BCUT2D eigenvalue weighted by molar-refractivity contribution is -0.603. The Morgan fingerprint density at radius 2 is 2.07 bits per heavy atom. The minimum Gasteiger partial charge on any atom is -0.618 e. The van der Waals surface area contributed by atoms with Gasteiger partial charge in [-0.15, -0.1) is 0 Å². The highest BCUT2D eigenvalue weighted by Gasteiger charge is 2.13. The summed E-state index contributed by atoms with van der Waals surface area (Å²) in [4.78, 5) is 2.35. The minimum absolute atomic E-state index is 0.232. The lowest BCUT2D eigenvalue weighted by Gasteiger charge is -2.13. The van der Waals surface area contributed by atoms with Crippen LogP contribution in [-0.2, 0) is 6.54 Å². The van der Waals surface area contributed by atoms with Gasteiger partial charge in [0, 0.05) is 18.2 Å². The van der Waals surface area contributed by atoms with Gasteiger partial charge in [0.2, 0.25) is 0 Å². The normalized spacial score (nSPS) is 17.5. The summed E-state index contributed by atoms with van der Waals surface area (Å²) in [5.41, 5.74) is 1.03. The van der Waals surface area contributed by atoms with E-state index in [2.05, 4.69) is 4.90 Å². The third-order valence-corrected chi connectivity index (χ3v) is 2.83. The lowest BCUT2D eigenvalue weighted by Crippen LogP contribution is -2.29. The summed E-state index contributed by atoms with van der Waals surface area (Å²) < 4.78 is 0.715. The van der Waals surface area contributed by atoms with E-state index >= 15 is 0 Å². The van der Waals surface area contributed by atoms with E-state index in [9.17, 15) is 5.21 Å². The molecule has 1 fully saturated rings. The molecule has 0 N–H and O–H groups in total. The Morgan fingerprint density at radius 1 is 1.36 bits per heavy atom. The summed E-state index contributed by atoms with van der Waals surface area (Å²) in [6.07, 6.45) is 4.09. The van der Waals surface area contributed by atoms with Crippen molar-refractivity contribution in [2.75, 3.05) is 13.1 Å². The molecular weight excluding hydrogens is 200 g/mol. The van der Waals surface area contributed by atoms with Crippen LogP contribution >= 0.6 is 11.6 Å². The van der Waals surface area contributed by atoms with Gasteiger partial charge in [0.15, 0.2) is 6.20 Å². The van der Waals surface area contributed by atoms with Crippen LogP contribution in [0.2, 0.25) is 5.15 Å². The first-order chi connectivity index (χ1) is 6.75. The van der Waals surface area contributed by atoms with E-state index < -0.39 is 0 Å². The molecule has 3 nitrogen and oxygen atoms in total. The fourth-order valence-corrected chi connectivity index (χ4v) is 1.91. The van der Waals surface area contributed by atoms with Crippen LogP contribution in [0.25, 0.3) is 0 Å². The second-order valence-corrected chi connectivity index (χ2v) is 4.06. The average molecular weight is 213 g/mol. The van der Waals surface area contributed by atoms with Gasteiger partial charge in [-0.3, -0.25) is 4.90 Å². The van der Waals surface area contributed by atoms with Gasteiger partial charge in [0.25, 0.3) is 5.15 Å². The molecule has 76 valence electrons. The van der Waals surface area contributed by atoms with Gasteiger partial charge in [0.05, 0.1) is 0 Å². The zero-order chi connectivity index (χ0) is 9.97. The molecule has 0 radical (unpaired) electrons. The van der Waals surface area contributed by atoms with E-state index in [-0.39, 0.29) is 5.15 Å². The molecule has 0 bridgehead atoms. The molecule has 2 heterocycles. The molecule has 1 saturated heterocycles. The zero-order valence-corrected chi connectivity index (χ0v) is 8.70. The Labute approximate surface area is 88.5 Å². The third-order valence-electron chi connectivity index (χ3n) is 2.53. The van der Waals surface area contributed by atoms with Crippen molar-refractivity contribution in [1.82, 2.24) is 4.90 Å². The highest BCUT2D eigenvalue weighted by molar-refractivity contribution is 6.28. The van der Waals surface area contributed by atoms with E-state index in [1.165, 1.54) is 12.8 Å². The fraction of sp³-hybridized carbons (Fsp3) is 0.500.